The maximum atomic E-state index is 13.0. The van der Waals surface area contributed by atoms with Crippen LogP contribution in [-0.2, 0) is 17.0 Å². The van der Waals surface area contributed by atoms with Gasteiger partial charge in [-0.05, 0) is 37.1 Å². The van der Waals surface area contributed by atoms with Gasteiger partial charge in [-0.2, -0.15) is 0 Å². The zero-order valence-electron chi connectivity index (χ0n) is 13.8. The first-order valence-corrected chi connectivity index (χ1v) is 9.44. The van der Waals surface area contributed by atoms with Crippen LogP contribution in [-0.4, -0.2) is 27.2 Å². The van der Waals surface area contributed by atoms with Gasteiger partial charge in [0.2, 0.25) is 0 Å². The SMILES string of the molecule is O=c1c2ccccc2nc(SCc2ccccn2)n1CC1CCCO1. The fourth-order valence-electron chi connectivity index (χ4n) is 3.03. The van der Waals surface area contributed by atoms with Crippen molar-refractivity contribution >= 4 is 22.7 Å². The maximum absolute atomic E-state index is 13.0. The lowest BCUT2D eigenvalue weighted by atomic mass is 10.2. The van der Waals surface area contributed by atoms with Crippen molar-refractivity contribution < 1.29 is 4.74 Å². The minimum absolute atomic E-state index is 0.00428. The molecule has 4 rings (SSSR count). The standard InChI is InChI=1S/C19H19N3O2S/c23-18-16-8-1-2-9-17(16)21-19(22(18)12-15-7-5-11-24-15)25-13-14-6-3-4-10-20-14/h1-4,6,8-10,15H,5,7,11-13H2. The van der Waals surface area contributed by atoms with E-state index in [1.165, 1.54) is 0 Å². The molecule has 0 N–H and O–H groups in total. The predicted molar refractivity (Wildman–Crippen MR) is 98.8 cm³/mol. The third kappa shape index (κ3) is 3.60. The average molecular weight is 353 g/mol. The van der Waals surface area contributed by atoms with E-state index in [4.69, 9.17) is 9.72 Å². The quantitative estimate of drug-likeness (QED) is 0.520. The molecule has 6 heteroatoms. The van der Waals surface area contributed by atoms with E-state index in [9.17, 15) is 4.79 Å². The number of rotatable bonds is 5. The predicted octanol–water partition coefficient (Wildman–Crippen LogP) is 3.26. The summed E-state index contributed by atoms with van der Waals surface area (Å²) in [6, 6.07) is 13.4. The molecule has 1 fully saturated rings. The van der Waals surface area contributed by atoms with Crippen molar-refractivity contribution in [2.24, 2.45) is 0 Å². The Hall–Kier alpha value is -2.18. The third-order valence-electron chi connectivity index (χ3n) is 4.31. The molecule has 1 aliphatic heterocycles. The summed E-state index contributed by atoms with van der Waals surface area (Å²) in [6.45, 7) is 1.33. The Morgan fingerprint density at radius 1 is 1.20 bits per heavy atom. The normalized spacial score (nSPS) is 17.2. The van der Waals surface area contributed by atoms with Crippen LogP contribution in [0.5, 0.6) is 0 Å². The second kappa shape index (κ2) is 7.37. The van der Waals surface area contributed by atoms with Crippen LogP contribution in [0.4, 0.5) is 0 Å². The van der Waals surface area contributed by atoms with Crippen molar-refractivity contribution in [3.8, 4) is 0 Å². The van der Waals surface area contributed by atoms with Crippen LogP contribution in [0, 0.1) is 0 Å². The van der Waals surface area contributed by atoms with E-state index < -0.39 is 0 Å². The number of aromatic nitrogens is 3. The second-order valence-corrected chi connectivity index (χ2v) is 7.01. The van der Waals surface area contributed by atoms with Crippen LogP contribution in [0.2, 0.25) is 0 Å². The van der Waals surface area contributed by atoms with Crippen molar-refractivity contribution in [3.05, 3.63) is 64.7 Å². The molecular formula is C19H19N3O2S. The molecule has 1 saturated heterocycles. The van der Waals surface area contributed by atoms with Crippen molar-refractivity contribution in [3.63, 3.8) is 0 Å². The third-order valence-corrected chi connectivity index (χ3v) is 5.32. The van der Waals surface area contributed by atoms with Gasteiger partial charge in [0.15, 0.2) is 5.16 Å². The summed E-state index contributed by atoms with van der Waals surface area (Å²) in [7, 11) is 0. The summed E-state index contributed by atoms with van der Waals surface area (Å²) in [4.78, 5) is 22.1. The summed E-state index contributed by atoms with van der Waals surface area (Å²) in [5, 5.41) is 1.38. The van der Waals surface area contributed by atoms with Crippen molar-refractivity contribution in [2.75, 3.05) is 6.61 Å². The highest BCUT2D eigenvalue weighted by Gasteiger charge is 2.20. The number of hydrogen-bond donors (Lipinski definition) is 0. The summed E-state index contributed by atoms with van der Waals surface area (Å²) < 4.78 is 7.50. The van der Waals surface area contributed by atoms with Gasteiger partial charge in [-0.3, -0.25) is 14.3 Å². The molecule has 128 valence electrons. The Morgan fingerprint density at radius 2 is 2.08 bits per heavy atom. The van der Waals surface area contributed by atoms with Crippen LogP contribution in [0.1, 0.15) is 18.5 Å². The molecule has 1 unspecified atom stereocenters. The fourth-order valence-corrected chi connectivity index (χ4v) is 3.96. The first kappa shape index (κ1) is 16.3. The van der Waals surface area contributed by atoms with Crippen molar-refractivity contribution in [1.82, 2.24) is 14.5 Å². The van der Waals surface area contributed by atoms with Gasteiger partial charge in [-0.1, -0.05) is 30.0 Å². The Morgan fingerprint density at radius 3 is 2.88 bits per heavy atom. The van der Waals surface area contributed by atoms with Crippen molar-refractivity contribution in [2.45, 2.75) is 36.4 Å². The van der Waals surface area contributed by atoms with Crippen molar-refractivity contribution in [1.29, 1.82) is 0 Å². The van der Waals surface area contributed by atoms with Crippen LogP contribution in [0.15, 0.2) is 58.6 Å². The largest absolute Gasteiger partial charge is 0.376 e. The maximum Gasteiger partial charge on any atom is 0.262 e. The highest BCUT2D eigenvalue weighted by Crippen LogP contribution is 2.23. The molecule has 1 aliphatic rings. The summed E-state index contributed by atoms with van der Waals surface area (Å²) in [6.07, 6.45) is 3.92. The molecule has 1 atom stereocenters. The van der Waals surface area contributed by atoms with Gasteiger partial charge in [0.05, 0.1) is 29.2 Å². The highest BCUT2D eigenvalue weighted by atomic mass is 32.2. The number of ether oxygens (including phenoxy) is 1. The number of pyridine rings is 1. The minimum atomic E-state index is 0.00428. The number of thioether (sulfide) groups is 1. The smallest absolute Gasteiger partial charge is 0.262 e. The Bertz CT molecular complexity index is 921. The molecule has 3 heterocycles. The lowest BCUT2D eigenvalue weighted by Gasteiger charge is -2.16. The van der Waals surface area contributed by atoms with Gasteiger partial charge < -0.3 is 4.74 Å². The lowest BCUT2D eigenvalue weighted by Crippen LogP contribution is -2.28. The molecule has 0 saturated carbocycles. The molecular weight excluding hydrogens is 334 g/mol. The van der Waals surface area contributed by atoms with Gasteiger partial charge in [-0.15, -0.1) is 0 Å². The van der Waals surface area contributed by atoms with Gasteiger partial charge in [0.25, 0.3) is 5.56 Å². The molecule has 0 aliphatic carbocycles. The first-order chi connectivity index (χ1) is 12.3. The molecule has 0 bridgehead atoms. The number of para-hydroxylation sites is 1. The molecule has 25 heavy (non-hydrogen) atoms. The van der Waals surface area contributed by atoms with Gasteiger partial charge in [0.1, 0.15) is 0 Å². The molecule has 0 radical (unpaired) electrons. The summed E-state index contributed by atoms with van der Waals surface area (Å²) >= 11 is 1.55. The summed E-state index contributed by atoms with van der Waals surface area (Å²) in [5.74, 6) is 0.678. The summed E-state index contributed by atoms with van der Waals surface area (Å²) in [5.41, 5.74) is 1.71. The Balaban J connectivity index is 1.70. The number of fused-ring (bicyclic) bond motifs is 1. The van der Waals surface area contributed by atoms with Crippen LogP contribution in [0.25, 0.3) is 10.9 Å². The van der Waals surface area contributed by atoms with Crippen LogP contribution >= 0.6 is 11.8 Å². The van der Waals surface area contributed by atoms with Gasteiger partial charge in [0, 0.05) is 18.6 Å². The molecule has 0 amide bonds. The monoisotopic (exact) mass is 353 g/mol. The Kier molecular flexibility index (Phi) is 4.81. The molecule has 2 aromatic heterocycles. The zero-order valence-corrected chi connectivity index (χ0v) is 14.6. The molecule has 0 spiro atoms. The van der Waals surface area contributed by atoms with E-state index in [0.29, 0.717) is 17.7 Å². The number of benzene rings is 1. The first-order valence-electron chi connectivity index (χ1n) is 8.45. The fraction of sp³-hybridized carbons (Fsp3) is 0.316. The van der Waals surface area contributed by atoms with Gasteiger partial charge in [-0.25, -0.2) is 4.98 Å². The minimum Gasteiger partial charge on any atom is -0.376 e. The van der Waals surface area contributed by atoms with Gasteiger partial charge >= 0.3 is 0 Å². The van der Waals surface area contributed by atoms with E-state index >= 15 is 0 Å². The topological polar surface area (TPSA) is 57.0 Å². The van der Waals surface area contributed by atoms with Crippen LogP contribution < -0.4 is 5.56 Å². The molecule has 1 aromatic carbocycles. The number of hydrogen-bond acceptors (Lipinski definition) is 5. The molecule has 3 aromatic rings. The van der Waals surface area contributed by atoms with E-state index in [-0.39, 0.29) is 11.7 Å². The van der Waals surface area contributed by atoms with E-state index in [1.54, 1.807) is 22.5 Å². The van der Waals surface area contributed by atoms with E-state index in [1.807, 2.05) is 42.5 Å². The molecule has 5 nitrogen and oxygen atoms in total. The van der Waals surface area contributed by atoms with E-state index in [2.05, 4.69) is 4.98 Å². The second-order valence-electron chi connectivity index (χ2n) is 6.07. The highest BCUT2D eigenvalue weighted by molar-refractivity contribution is 7.98. The average Bonchev–Trinajstić information content (AvgIpc) is 3.17. The van der Waals surface area contributed by atoms with Crippen LogP contribution in [0.3, 0.4) is 0 Å². The lowest BCUT2D eigenvalue weighted by molar-refractivity contribution is 0.0937. The number of nitrogens with zero attached hydrogens (tertiary/aromatic N) is 3. The van der Waals surface area contributed by atoms with E-state index in [0.717, 1.165) is 35.8 Å². The zero-order chi connectivity index (χ0) is 17.1. The Labute approximate surface area is 150 Å².